The molecule has 6 nitrogen and oxygen atoms in total. The summed E-state index contributed by atoms with van der Waals surface area (Å²) in [6, 6.07) is 7.38. The van der Waals surface area contributed by atoms with Crippen LogP contribution in [-0.4, -0.2) is 45.5 Å². The first-order chi connectivity index (χ1) is 10.8. The molecule has 1 aromatic rings. The molecule has 8 heteroatoms. The summed E-state index contributed by atoms with van der Waals surface area (Å²) < 4.78 is 27.6. The van der Waals surface area contributed by atoms with E-state index in [0.29, 0.717) is 17.5 Å². The third kappa shape index (κ3) is 7.07. The molecular weight excluding hydrogens is 352 g/mol. The predicted octanol–water partition coefficient (Wildman–Crippen LogP) is 1.86. The molecule has 136 valence electrons. The third-order valence-corrected chi connectivity index (χ3v) is 4.73. The highest BCUT2D eigenvalue weighted by molar-refractivity contribution is 7.90. The van der Waals surface area contributed by atoms with Gasteiger partial charge in [-0.1, -0.05) is 6.07 Å². The maximum Gasteiger partial charge on any atom is 0.227 e. The number of carbonyl (C=O) groups excluding carboxylic acids is 1. The number of sulfone groups is 1. The van der Waals surface area contributed by atoms with Gasteiger partial charge in [0.15, 0.2) is 9.84 Å². The smallest absolute Gasteiger partial charge is 0.227 e. The summed E-state index contributed by atoms with van der Waals surface area (Å²) in [7, 11) is -3.04. The van der Waals surface area contributed by atoms with Crippen LogP contribution in [0.25, 0.3) is 0 Å². The Morgan fingerprint density at radius 1 is 1.42 bits per heavy atom. The fourth-order valence-corrected chi connectivity index (χ4v) is 2.97. The Labute approximate surface area is 149 Å². The molecule has 0 spiro atoms. The van der Waals surface area contributed by atoms with Crippen molar-refractivity contribution in [1.29, 1.82) is 0 Å². The lowest BCUT2D eigenvalue weighted by atomic mass is 9.92. The van der Waals surface area contributed by atoms with Gasteiger partial charge in [0, 0.05) is 30.0 Å². The summed E-state index contributed by atoms with van der Waals surface area (Å²) in [5.41, 5.74) is 0.665. The highest BCUT2D eigenvalue weighted by Gasteiger charge is 2.24. The molecule has 2 rings (SSSR count). The van der Waals surface area contributed by atoms with Crippen LogP contribution in [0, 0.1) is 5.92 Å². The summed E-state index contributed by atoms with van der Waals surface area (Å²) in [4.78, 5) is 12.3. The minimum atomic E-state index is -3.04. The van der Waals surface area contributed by atoms with Gasteiger partial charge in [-0.05, 0) is 38.4 Å². The van der Waals surface area contributed by atoms with E-state index < -0.39 is 9.84 Å². The van der Waals surface area contributed by atoms with E-state index in [9.17, 15) is 13.2 Å². The number of amides is 1. The molecule has 0 bridgehead atoms. The first kappa shape index (κ1) is 20.7. The molecule has 1 aliphatic rings. The number of hydrogen-bond acceptors (Lipinski definition) is 5. The number of anilines is 1. The van der Waals surface area contributed by atoms with E-state index >= 15 is 0 Å². The van der Waals surface area contributed by atoms with Crippen molar-refractivity contribution in [3.63, 3.8) is 0 Å². The Kier molecular flexibility index (Phi) is 7.99. The number of piperidine rings is 1. The van der Waals surface area contributed by atoms with Crippen molar-refractivity contribution in [3.8, 4) is 5.75 Å². The summed E-state index contributed by atoms with van der Waals surface area (Å²) in [6.07, 6.45) is 2.84. The highest BCUT2D eigenvalue weighted by atomic mass is 35.5. The van der Waals surface area contributed by atoms with Crippen molar-refractivity contribution in [3.05, 3.63) is 24.3 Å². The number of halogens is 1. The molecule has 0 radical (unpaired) electrons. The first-order valence-corrected chi connectivity index (χ1v) is 9.84. The van der Waals surface area contributed by atoms with E-state index in [4.69, 9.17) is 4.74 Å². The standard InChI is InChI=1S/C16H24N2O4S.ClH/c1-12-10-13(6-7-17-12)16(19)18-14-4-3-5-15(11-14)22-8-9-23(2,20)21;/h3-5,11-13,17H,6-10H2,1-2H3,(H,18,19);1H/t12-,13-;/m0./s1. The number of nitrogens with one attached hydrogen (secondary N) is 2. The predicted molar refractivity (Wildman–Crippen MR) is 97.7 cm³/mol. The van der Waals surface area contributed by atoms with Crippen molar-refractivity contribution in [2.75, 3.05) is 30.5 Å². The maximum atomic E-state index is 12.3. The minimum absolute atomic E-state index is 0. The SMILES string of the molecule is C[C@H]1C[C@@H](C(=O)Nc2cccc(OCCS(C)(=O)=O)c2)CCN1.Cl. The van der Waals surface area contributed by atoms with E-state index in [-0.39, 0.29) is 36.6 Å². The molecule has 1 aromatic carbocycles. The number of rotatable bonds is 6. The molecule has 1 heterocycles. The molecule has 0 aliphatic carbocycles. The van der Waals surface area contributed by atoms with E-state index in [1.54, 1.807) is 24.3 Å². The second-order valence-corrected chi connectivity index (χ2v) is 8.33. The monoisotopic (exact) mass is 376 g/mol. The van der Waals surface area contributed by atoms with Crippen LogP contribution < -0.4 is 15.4 Å². The number of carbonyl (C=O) groups is 1. The number of ether oxygens (including phenoxy) is 1. The van der Waals surface area contributed by atoms with Crippen LogP contribution in [0.4, 0.5) is 5.69 Å². The average molecular weight is 377 g/mol. The van der Waals surface area contributed by atoms with Crippen molar-refractivity contribution in [1.82, 2.24) is 5.32 Å². The van der Waals surface area contributed by atoms with Crippen LogP contribution >= 0.6 is 12.4 Å². The van der Waals surface area contributed by atoms with Crippen LogP contribution in [0.2, 0.25) is 0 Å². The Morgan fingerprint density at radius 3 is 2.83 bits per heavy atom. The van der Waals surface area contributed by atoms with Crippen molar-refractivity contribution in [2.24, 2.45) is 5.92 Å². The van der Waals surface area contributed by atoms with Gasteiger partial charge in [-0.3, -0.25) is 4.79 Å². The van der Waals surface area contributed by atoms with Crippen molar-refractivity contribution in [2.45, 2.75) is 25.8 Å². The minimum Gasteiger partial charge on any atom is -0.492 e. The molecule has 1 saturated heterocycles. The maximum absolute atomic E-state index is 12.3. The Bertz CT molecular complexity index is 651. The van der Waals surface area contributed by atoms with Gasteiger partial charge >= 0.3 is 0 Å². The molecule has 2 atom stereocenters. The van der Waals surface area contributed by atoms with Crippen LogP contribution in [0.3, 0.4) is 0 Å². The lowest BCUT2D eigenvalue weighted by molar-refractivity contribution is -0.120. The van der Waals surface area contributed by atoms with Crippen LogP contribution in [-0.2, 0) is 14.6 Å². The lowest BCUT2D eigenvalue weighted by Crippen LogP contribution is -2.40. The molecule has 0 saturated carbocycles. The quantitative estimate of drug-likeness (QED) is 0.791. The van der Waals surface area contributed by atoms with Gasteiger partial charge in [-0.15, -0.1) is 12.4 Å². The van der Waals surface area contributed by atoms with Crippen LogP contribution in [0.5, 0.6) is 5.75 Å². The molecule has 1 amide bonds. The van der Waals surface area contributed by atoms with Gasteiger partial charge in [-0.25, -0.2) is 8.42 Å². The largest absolute Gasteiger partial charge is 0.492 e. The van der Waals surface area contributed by atoms with Gasteiger partial charge in [0.05, 0.1) is 5.75 Å². The van der Waals surface area contributed by atoms with E-state index in [1.807, 2.05) is 0 Å². The highest BCUT2D eigenvalue weighted by Crippen LogP contribution is 2.21. The summed E-state index contributed by atoms with van der Waals surface area (Å²) in [6.45, 7) is 3.03. The summed E-state index contributed by atoms with van der Waals surface area (Å²) >= 11 is 0. The van der Waals surface area contributed by atoms with Gasteiger partial charge < -0.3 is 15.4 Å². The fourth-order valence-electron chi connectivity index (χ4n) is 2.59. The van der Waals surface area contributed by atoms with Crippen molar-refractivity contribution >= 4 is 33.8 Å². The lowest BCUT2D eigenvalue weighted by Gasteiger charge is -2.27. The van der Waals surface area contributed by atoms with E-state index in [0.717, 1.165) is 19.4 Å². The fraction of sp³-hybridized carbons (Fsp3) is 0.562. The Hall–Kier alpha value is -1.31. The molecule has 0 unspecified atom stereocenters. The molecule has 24 heavy (non-hydrogen) atoms. The van der Waals surface area contributed by atoms with E-state index in [2.05, 4.69) is 17.6 Å². The average Bonchev–Trinajstić information content (AvgIpc) is 2.46. The number of hydrogen-bond donors (Lipinski definition) is 2. The molecule has 2 N–H and O–H groups in total. The normalized spacial score (nSPS) is 20.8. The van der Waals surface area contributed by atoms with Gasteiger partial charge in [0.1, 0.15) is 12.4 Å². The molecule has 1 fully saturated rings. The zero-order valence-corrected chi connectivity index (χ0v) is 15.6. The van der Waals surface area contributed by atoms with Gasteiger partial charge in [0.25, 0.3) is 0 Å². The van der Waals surface area contributed by atoms with Crippen molar-refractivity contribution < 1.29 is 17.9 Å². The van der Waals surface area contributed by atoms with Crippen LogP contribution in [0.1, 0.15) is 19.8 Å². The molecular formula is C16H25ClN2O4S. The zero-order valence-electron chi connectivity index (χ0n) is 13.9. The molecule has 0 aromatic heterocycles. The summed E-state index contributed by atoms with van der Waals surface area (Å²) in [5, 5.41) is 6.24. The Balaban J connectivity index is 0.00000288. The second kappa shape index (κ2) is 9.25. The zero-order chi connectivity index (χ0) is 16.9. The van der Waals surface area contributed by atoms with E-state index in [1.165, 1.54) is 6.26 Å². The van der Waals surface area contributed by atoms with Crippen LogP contribution in [0.15, 0.2) is 24.3 Å². The molecule has 1 aliphatic heterocycles. The third-order valence-electron chi connectivity index (χ3n) is 3.82. The summed E-state index contributed by atoms with van der Waals surface area (Å²) in [5.74, 6) is 0.550. The number of benzene rings is 1. The second-order valence-electron chi connectivity index (χ2n) is 6.07. The van der Waals surface area contributed by atoms with Gasteiger partial charge in [-0.2, -0.15) is 0 Å². The van der Waals surface area contributed by atoms with Gasteiger partial charge in [0.2, 0.25) is 5.91 Å². The topological polar surface area (TPSA) is 84.5 Å². The first-order valence-electron chi connectivity index (χ1n) is 7.78. The Morgan fingerprint density at radius 2 is 2.17 bits per heavy atom.